The second kappa shape index (κ2) is 8.18. The van der Waals surface area contributed by atoms with Gasteiger partial charge in [-0.2, -0.15) is 0 Å². The molecule has 1 aliphatic heterocycles. The zero-order chi connectivity index (χ0) is 21.3. The Bertz CT molecular complexity index is 1070. The third kappa shape index (κ3) is 4.30. The van der Waals surface area contributed by atoms with E-state index in [0.717, 1.165) is 17.0 Å². The summed E-state index contributed by atoms with van der Waals surface area (Å²) in [4.78, 5) is 31.1. The maximum atomic E-state index is 12.6. The molecule has 2 amide bonds. The summed E-state index contributed by atoms with van der Waals surface area (Å²) in [7, 11) is 0. The van der Waals surface area contributed by atoms with Gasteiger partial charge in [-0.05, 0) is 49.7 Å². The fraction of sp³-hybridized carbons (Fsp3) is 0.348. The summed E-state index contributed by atoms with van der Waals surface area (Å²) in [5, 5.41) is 2.94. The first kappa shape index (κ1) is 19.9. The normalized spacial score (nSPS) is 16.5. The third-order valence-electron chi connectivity index (χ3n) is 5.05. The number of oxazole rings is 1. The highest BCUT2D eigenvalue weighted by atomic mass is 16.5. The first-order valence-corrected chi connectivity index (χ1v) is 10.1. The molecule has 3 aromatic rings. The molecule has 1 N–H and O–H groups in total. The van der Waals surface area contributed by atoms with E-state index in [4.69, 9.17) is 9.15 Å². The van der Waals surface area contributed by atoms with Crippen molar-refractivity contribution in [2.45, 2.75) is 39.8 Å². The van der Waals surface area contributed by atoms with Gasteiger partial charge in [-0.1, -0.05) is 12.1 Å². The quantitative estimate of drug-likeness (QED) is 0.675. The highest BCUT2D eigenvalue weighted by Gasteiger charge is 2.35. The number of nitrogens with zero attached hydrogens (tertiary/aromatic N) is 2. The number of anilines is 1. The summed E-state index contributed by atoms with van der Waals surface area (Å²) >= 11 is 0. The van der Waals surface area contributed by atoms with Crippen molar-refractivity contribution in [2.24, 2.45) is 5.92 Å². The lowest BCUT2D eigenvalue weighted by molar-refractivity contribution is -0.126. The van der Waals surface area contributed by atoms with Crippen LogP contribution in [-0.4, -0.2) is 29.4 Å². The molecule has 1 aliphatic rings. The van der Waals surface area contributed by atoms with Gasteiger partial charge in [0.1, 0.15) is 11.3 Å². The van der Waals surface area contributed by atoms with Crippen molar-refractivity contribution in [3.63, 3.8) is 0 Å². The number of aryl methyl sites for hydroxylation is 1. The van der Waals surface area contributed by atoms with E-state index in [0.29, 0.717) is 30.1 Å². The zero-order valence-corrected chi connectivity index (χ0v) is 17.3. The van der Waals surface area contributed by atoms with Gasteiger partial charge in [0.2, 0.25) is 11.8 Å². The maximum absolute atomic E-state index is 12.6. The van der Waals surface area contributed by atoms with Crippen molar-refractivity contribution in [1.82, 2.24) is 10.3 Å². The maximum Gasteiger partial charge on any atom is 0.227 e. The van der Waals surface area contributed by atoms with Crippen LogP contribution in [0.5, 0.6) is 5.75 Å². The average molecular weight is 407 g/mol. The second-order valence-electron chi connectivity index (χ2n) is 7.82. The molecule has 30 heavy (non-hydrogen) atoms. The highest BCUT2D eigenvalue weighted by Crippen LogP contribution is 2.28. The van der Waals surface area contributed by atoms with Gasteiger partial charge >= 0.3 is 0 Å². The van der Waals surface area contributed by atoms with Gasteiger partial charge < -0.3 is 19.4 Å². The molecule has 0 spiro atoms. The van der Waals surface area contributed by atoms with Crippen molar-refractivity contribution in [1.29, 1.82) is 0 Å². The Labute approximate surface area is 175 Å². The lowest BCUT2D eigenvalue weighted by Gasteiger charge is -2.16. The Morgan fingerprint density at radius 1 is 1.27 bits per heavy atom. The minimum absolute atomic E-state index is 0.0649. The van der Waals surface area contributed by atoms with E-state index in [-0.39, 0.29) is 30.3 Å². The molecule has 7 heteroatoms. The van der Waals surface area contributed by atoms with Crippen LogP contribution in [-0.2, 0) is 16.1 Å². The lowest BCUT2D eigenvalue weighted by Crippen LogP contribution is -2.32. The molecule has 0 radical (unpaired) electrons. The van der Waals surface area contributed by atoms with E-state index in [2.05, 4.69) is 10.3 Å². The van der Waals surface area contributed by atoms with Crippen LogP contribution >= 0.6 is 0 Å². The molecule has 156 valence electrons. The summed E-state index contributed by atoms with van der Waals surface area (Å²) in [5.74, 6) is 0.819. The lowest BCUT2D eigenvalue weighted by atomic mass is 10.1. The van der Waals surface area contributed by atoms with Gasteiger partial charge in [0, 0.05) is 32.1 Å². The number of amides is 2. The summed E-state index contributed by atoms with van der Waals surface area (Å²) in [6.07, 6.45) is 0.315. The Balaban J connectivity index is 1.36. The number of carbonyl (C=O) groups excluding carboxylic acids is 2. The minimum Gasteiger partial charge on any atom is -0.491 e. The van der Waals surface area contributed by atoms with Crippen LogP contribution < -0.4 is 15.0 Å². The number of fused-ring (bicyclic) bond motifs is 1. The van der Waals surface area contributed by atoms with Gasteiger partial charge in [0.15, 0.2) is 11.5 Å². The summed E-state index contributed by atoms with van der Waals surface area (Å²) in [6, 6.07) is 13.1. The molecule has 1 saturated heterocycles. The number of nitrogens with one attached hydrogen (secondary N) is 1. The molecule has 2 heterocycles. The van der Waals surface area contributed by atoms with Gasteiger partial charge in [-0.3, -0.25) is 9.59 Å². The Morgan fingerprint density at radius 3 is 2.77 bits per heavy atom. The summed E-state index contributed by atoms with van der Waals surface area (Å²) < 4.78 is 11.1. The Morgan fingerprint density at radius 2 is 2.03 bits per heavy atom. The Kier molecular flexibility index (Phi) is 5.44. The van der Waals surface area contributed by atoms with E-state index >= 15 is 0 Å². The van der Waals surface area contributed by atoms with Gasteiger partial charge in [-0.15, -0.1) is 0 Å². The number of hydrogen-bond donors (Lipinski definition) is 1. The van der Waals surface area contributed by atoms with Crippen molar-refractivity contribution in [3.05, 3.63) is 53.9 Å². The standard InChI is InChI=1S/C23H25N3O4/c1-14(2)29-19-7-4-16(5-8-19)12-24-23(28)17-10-22(27)26(13-17)18-6-9-21-20(11-18)25-15(3)30-21/h4-9,11,14,17H,10,12-13H2,1-3H3,(H,24,28)/t17-/m1/s1. The van der Waals surface area contributed by atoms with E-state index in [1.807, 2.05) is 50.2 Å². The molecular formula is C23H25N3O4. The fourth-order valence-corrected chi connectivity index (χ4v) is 3.62. The molecule has 1 atom stereocenters. The van der Waals surface area contributed by atoms with Crippen molar-refractivity contribution >= 4 is 28.6 Å². The molecule has 4 rings (SSSR count). The average Bonchev–Trinajstić information content (AvgIpc) is 3.27. The molecule has 0 saturated carbocycles. The Hall–Kier alpha value is -3.35. The largest absolute Gasteiger partial charge is 0.491 e. The predicted octanol–water partition coefficient (Wildman–Crippen LogP) is 3.59. The number of rotatable bonds is 6. The molecule has 2 aromatic carbocycles. The van der Waals surface area contributed by atoms with E-state index in [9.17, 15) is 9.59 Å². The van der Waals surface area contributed by atoms with E-state index in [1.54, 1.807) is 17.9 Å². The van der Waals surface area contributed by atoms with Gasteiger partial charge in [0.05, 0.1) is 12.0 Å². The van der Waals surface area contributed by atoms with Crippen LogP contribution in [0.2, 0.25) is 0 Å². The van der Waals surface area contributed by atoms with Crippen LogP contribution in [0, 0.1) is 12.8 Å². The van der Waals surface area contributed by atoms with Crippen molar-refractivity contribution < 1.29 is 18.7 Å². The smallest absolute Gasteiger partial charge is 0.227 e. The fourth-order valence-electron chi connectivity index (χ4n) is 3.62. The minimum atomic E-state index is -0.379. The topological polar surface area (TPSA) is 84.7 Å². The third-order valence-corrected chi connectivity index (χ3v) is 5.05. The number of hydrogen-bond acceptors (Lipinski definition) is 5. The van der Waals surface area contributed by atoms with Gasteiger partial charge in [0.25, 0.3) is 0 Å². The highest BCUT2D eigenvalue weighted by molar-refractivity contribution is 6.01. The molecule has 1 aromatic heterocycles. The SMILES string of the molecule is Cc1nc2cc(N3C[C@H](C(=O)NCc4ccc(OC(C)C)cc4)CC3=O)ccc2o1. The molecule has 0 bridgehead atoms. The van der Waals surface area contributed by atoms with Crippen molar-refractivity contribution in [2.75, 3.05) is 11.4 Å². The van der Waals surface area contributed by atoms with Crippen LogP contribution in [0.1, 0.15) is 31.7 Å². The molecular weight excluding hydrogens is 382 g/mol. The molecule has 1 fully saturated rings. The van der Waals surface area contributed by atoms with Crippen LogP contribution in [0.3, 0.4) is 0 Å². The van der Waals surface area contributed by atoms with Gasteiger partial charge in [-0.25, -0.2) is 4.98 Å². The van der Waals surface area contributed by atoms with Crippen LogP contribution in [0.25, 0.3) is 11.1 Å². The van der Waals surface area contributed by atoms with E-state index in [1.165, 1.54) is 0 Å². The summed E-state index contributed by atoms with van der Waals surface area (Å²) in [6.45, 7) is 6.51. The zero-order valence-electron chi connectivity index (χ0n) is 17.3. The summed E-state index contributed by atoms with van der Waals surface area (Å²) in [5.41, 5.74) is 3.10. The first-order chi connectivity index (χ1) is 14.4. The number of carbonyl (C=O) groups is 2. The monoisotopic (exact) mass is 407 g/mol. The molecule has 7 nitrogen and oxygen atoms in total. The second-order valence-corrected chi connectivity index (χ2v) is 7.82. The number of ether oxygens (including phenoxy) is 1. The van der Waals surface area contributed by atoms with Crippen LogP contribution in [0.4, 0.5) is 5.69 Å². The predicted molar refractivity (Wildman–Crippen MR) is 113 cm³/mol. The van der Waals surface area contributed by atoms with Crippen molar-refractivity contribution in [3.8, 4) is 5.75 Å². The molecule has 0 unspecified atom stereocenters. The number of aromatic nitrogens is 1. The molecule has 0 aliphatic carbocycles. The number of benzene rings is 2. The first-order valence-electron chi connectivity index (χ1n) is 10.1. The van der Waals surface area contributed by atoms with E-state index < -0.39 is 0 Å². The van der Waals surface area contributed by atoms with Crippen LogP contribution in [0.15, 0.2) is 46.9 Å².